The van der Waals surface area contributed by atoms with Crippen LogP contribution in [0.1, 0.15) is 32.4 Å². The fourth-order valence-electron chi connectivity index (χ4n) is 3.72. The largest absolute Gasteiger partial charge is 0.395 e. The van der Waals surface area contributed by atoms with Crippen molar-refractivity contribution in [3.05, 3.63) is 96.6 Å². The zero-order valence-electron chi connectivity index (χ0n) is 16.2. The minimum absolute atomic E-state index is 0.105. The maximum Gasteiger partial charge on any atom is 0.262 e. The van der Waals surface area contributed by atoms with Crippen molar-refractivity contribution in [3.63, 3.8) is 0 Å². The first kappa shape index (κ1) is 19.3. The molecule has 3 heteroatoms. The molecule has 1 atom stereocenters. The number of rotatable bonds is 6. The molecule has 0 saturated heterocycles. The Labute approximate surface area is 163 Å². The molecule has 0 aliphatic carbocycles. The molecule has 0 heterocycles. The summed E-state index contributed by atoms with van der Waals surface area (Å²) in [7, 11) is -2.67. The SMILES string of the molecule is CC(C)(C)[Si](O[C@@H](C=N)c1ccccc1)(c1ccccc1)c1ccccc1. The van der Waals surface area contributed by atoms with Gasteiger partial charge in [0.15, 0.2) is 0 Å². The topological polar surface area (TPSA) is 33.1 Å². The van der Waals surface area contributed by atoms with E-state index in [-0.39, 0.29) is 11.1 Å². The molecule has 0 amide bonds. The first-order valence-corrected chi connectivity index (χ1v) is 11.2. The van der Waals surface area contributed by atoms with E-state index in [4.69, 9.17) is 9.84 Å². The zero-order valence-corrected chi connectivity index (χ0v) is 17.2. The molecule has 138 valence electrons. The molecule has 3 aromatic carbocycles. The van der Waals surface area contributed by atoms with Crippen molar-refractivity contribution in [3.8, 4) is 0 Å². The molecule has 0 saturated carbocycles. The lowest BCUT2D eigenvalue weighted by Gasteiger charge is -2.44. The first-order valence-electron chi connectivity index (χ1n) is 9.33. The van der Waals surface area contributed by atoms with E-state index in [0.717, 1.165) is 5.56 Å². The van der Waals surface area contributed by atoms with Gasteiger partial charge in [-0.3, -0.25) is 0 Å². The van der Waals surface area contributed by atoms with Crippen LogP contribution in [0.5, 0.6) is 0 Å². The van der Waals surface area contributed by atoms with Crippen molar-refractivity contribution in [1.82, 2.24) is 0 Å². The molecule has 0 radical (unpaired) electrons. The standard InChI is InChI=1S/C24H27NOSi/c1-24(2,3)27(21-15-9-5-10-16-21,22-17-11-6-12-18-22)26-23(19-25)20-13-7-4-8-14-20/h4-19,23,25H,1-3H3/t23-/m0/s1. The Kier molecular flexibility index (Phi) is 5.73. The summed E-state index contributed by atoms with van der Waals surface area (Å²) in [6.07, 6.45) is 1.05. The van der Waals surface area contributed by atoms with Crippen LogP contribution in [0, 0.1) is 5.41 Å². The molecule has 0 unspecified atom stereocenters. The van der Waals surface area contributed by atoms with E-state index in [2.05, 4.69) is 69.3 Å². The molecule has 1 N–H and O–H groups in total. The van der Waals surface area contributed by atoms with E-state index >= 15 is 0 Å². The van der Waals surface area contributed by atoms with Gasteiger partial charge in [0, 0.05) is 6.21 Å². The lowest BCUT2D eigenvalue weighted by molar-refractivity contribution is 0.259. The Morgan fingerprint density at radius 2 is 1.15 bits per heavy atom. The Morgan fingerprint density at radius 1 is 0.741 bits per heavy atom. The summed E-state index contributed by atoms with van der Waals surface area (Å²) in [5.41, 5.74) is 1.01. The lowest BCUT2D eigenvalue weighted by Crippen LogP contribution is -2.67. The van der Waals surface area contributed by atoms with Crippen LogP contribution in [-0.2, 0) is 4.43 Å². The predicted octanol–water partition coefficient (Wildman–Crippen LogP) is 4.95. The summed E-state index contributed by atoms with van der Waals surface area (Å²) in [5.74, 6) is 0. The molecule has 27 heavy (non-hydrogen) atoms. The van der Waals surface area contributed by atoms with E-state index in [1.165, 1.54) is 16.6 Å². The highest BCUT2D eigenvalue weighted by Crippen LogP contribution is 2.39. The van der Waals surface area contributed by atoms with Crippen LogP contribution in [0.2, 0.25) is 5.04 Å². The number of hydrogen-bond donors (Lipinski definition) is 1. The molecule has 3 rings (SSSR count). The fraction of sp³-hybridized carbons (Fsp3) is 0.208. The first-order chi connectivity index (χ1) is 13.0. The van der Waals surface area contributed by atoms with Gasteiger partial charge in [-0.1, -0.05) is 112 Å². The third-order valence-corrected chi connectivity index (χ3v) is 10.0. The maximum absolute atomic E-state index is 8.08. The highest BCUT2D eigenvalue weighted by atomic mass is 28.4. The predicted molar refractivity (Wildman–Crippen MR) is 117 cm³/mol. The maximum atomic E-state index is 8.08. The fourth-order valence-corrected chi connectivity index (χ4v) is 8.32. The molecule has 0 aliphatic rings. The van der Waals surface area contributed by atoms with Crippen LogP contribution in [0.4, 0.5) is 0 Å². The molecular weight excluding hydrogens is 346 g/mol. The molecule has 2 nitrogen and oxygen atoms in total. The Bertz CT molecular complexity index is 818. The van der Waals surface area contributed by atoms with Crippen LogP contribution in [0.15, 0.2) is 91.0 Å². The molecule has 0 bridgehead atoms. The summed E-state index contributed by atoms with van der Waals surface area (Å²) in [5, 5.41) is 10.4. The average molecular weight is 374 g/mol. The lowest BCUT2D eigenvalue weighted by atomic mass is 10.1. The zero-order chi connectivity index (χ0) is 19.3. The van der Waals surface area contributed by atoms with E-state index in [9.17, 15) is 0 Å². The van der Waals surface area contributed by atoms with Crippen molar-refractivity contribution in [1.29, 1.82) is 5.41 Å². The number of hydrogen-bond acceptors (Lipinski definition) is 2. The molecule has 0 fully saturated rings. The Morgan fingerprint density at radius 3 is 1.52 bits per heavy atom. The summed E-state index contributed by atoms with van der Waals surface area (Å²) in [6, 6.07) is 31.2. The highest BCUT2D eigenvalue weighted by molar-refractivity contribution is 6.99. The molecular formula is C24H27NOSi. The van der Waals surface area contributed by atoms with Crippen LogP contribution < -0.4 is 10.4 Å². The Hall–Kier alpha value is -2.49. The van der Waals surface area contributed by atoms with Crippen LogP contribution >= 0.6 is 0 Å². The molecule has 0 aliphatic heterocycles. The van der Waals surface area contributed by atoms with Gasteiger partial charge in [-0.15, -0.1) is 0 Å². The van der Waals surface area contributed by atoms with E-state index in [0.29, 0.717) is 0 Å². The Balaban J connectivity index is 2.22. The van der Waals surface area contributed by atoms with Gasteiger partial charge in [0.05, 0.1) is 0 Å². The molecule has 0 aromatic heterocycles. The summed E-state index contributed by atoms with van der Waals surface area (Å²) in [6.45, 7) is 6.77. The van der Waals surface area contributed by atoms with Gasteiger partial charge in [0.25, 0.3) is 8.32 Å². The molecule has 0 spiro atoms. The van der Waals surface area contributed by atoms with Crippen LogP contribution in [0.3, 0.4) is 0 Å². The molecule has 3 aromatic rings. The van der Waals surface area contributed by atoms with Crippen molar-refractivity contribution in [2.45, 2.75) is 31.9 Å². The van der Waals surface area contributed by atoms with Gasteiger partial charge in [-0.25, -0.2) is 0 Å². The minimum Gasteiger partial charge on any atom is -0.395 e. The van der Waals surface area contributed by atoms with Gasteiger partial charge in [-0.2, -0.15) is 0 Å². The normalized spacial score (nSPS) is 13.1. The average Bonchev–Trinajstić information content (AvgIpc) is 2.70. The van der Waals surface area contributed by atoms with Crippen molar-refractivity contribution >= 4 is 24.9 Å². The van der Waals surface area contributed by atoms with Gasteiger partial charge >= 0.3 is 0 Å². The van der Waals surface area contributed by atoms with Crippen molar-refractivity contribution < 1.29 is 4.43 Å². The van der Waals surface area contributed by atoms with Gasteiger partial charge in [0.1, 0.15) is 6.10 Å². The third kappa shape index (κ3) is 3.80. The van der Waals surface area contributed by atoms with Crippen molar-refractivity contribution in [2.24, 2.45) is 0 Å². The smallest absolute Gasteiger partial charge is 0.262 e. The summed E-state index contributed by atoms with van der Waals surface area (Å²) < 4.78 is 7.01. The quantitative estimate of drug-likeness (QED) is 0.481. The third-order valence-electron chi connectivity index (χ3n) is 5.00. The van der Waals surface area contributed by atoms with Crippen molar-refractivity contribution in [2.75, 3.05) is 0 Å². The number of benzene rings is 3. The highest BCUT2D eigenvalue weighted by Gasteiger charge is 2.51. The van der Waals surface area contributed by atoms with Crippen LogP contribution in [-0.4, -0.2) is 14.5 Å². The van der Waals surface area contributed by atoms with Gasteiger partial charge in [-0.05, 0) is 21.0 Å². The number of nitrogens with one attached hydrogen (secondary N) is 1. The summed E-state index contributed by atoms with van der Waals surface area (Å²) in [4.78, 5) is 0. The monoisotopic (exact) mass is 373 g/mol. The van der Waals surface area contributed by atoms with E-state index < -0.39 is 8.32 Å². The van der Waals surface area contributed by atoms with Gasteiger partial charge < -0.3 is 9.84 Å². The van der Waals surface area contributed by atoms with E-state index in [1.54, 1.807) is 0 Å². The second kappa shape index (κ2) is 8.03. The minimum atomic E-state index is -2.67. The second-order valence-electron chi connectivity index (χ2n) is 7.78. The van der Waals surface area contributed by atoms with Gasteiger partial charge in [0.2, 0.25) is 0 Å². The van der Waals surface area contributed by atoms with Crippen LogP contribution in [0.25, 0.3) is 0 Å². The summed E-state index contributed by atoms with van der Waals surface area (Å²) >= 11 is 0. The second-order valence-corrected chi connectivity index (χ2v) is 12.0. The van der Waals surface area contributed by atoms with E-state index in [1.807, 2.05) is 42.5 Å².